The van der Waals surface area contributed by atoms with Gasteiger partial charge in [-0.05, 0) is 0 Å². The number of hydrogen-bond donors (Lipinski definition) is 2. The summed E-state index contributed by atoms with van der Waals surface area (Å²) in [4.78, 5) is 15.3. The van der Waals surface area contributed by atoms with E-state index in [9.17, 15) is 4.79 Å². The third-order valence-corrected chi connectivity index (χ3v) is 2.60. The van der Waals surface area contributed by atoms with Gasteiger partial charge in [0.1, 0.15) is 0 Å². The second-order valence-corrected chi connectivity index (χ2v) is 3.76. The van der Waals surface area contributed by atoms with E-state index in [0.717, 1.165) is 4.96 Å². The molecular formula is C8H8N2O3S. The molecule has 0 aliphatic heterocycles. The van der Waals surface area contributed by atoms with Gasteiger partial charge in [0, 0.05) is 24.2 Å². The summed E-state index contributed by atoms with van der Waals surface area (Å²) in [6, 6.07) is 0. The van der Waals surface area contributed by atoms with Gasteiger partial charge in [-0.1, -0.05) is 0 Å². The van der Waals surface area contributed by atoms with Crippen LogP contribution in [-0.4, -0.2) is 31.7 Å². The Morgan fingerprint density at radius 3 is 3.14 bits per heavy atom. The van der Waals surface area contributed by atoms with E-state index in [1.165, 1.54) is 11.3 Å². The minimum Gasteiger partial charge on any atom is -0.479 e. The van der Waals surface area contributed by atoms with Gasteiger partial charge in [-0.2, -0.15) is 0 Å². The van der Waals surface area contributed by atoms with Gasteiger partial charge in [-0.15, -0.1) is 11.3 Å². The molecule has 2 aromatic heterocycles. The van der Waals surface area contributed by atoms with Crippen molar-refractivity contribution in [1.82, 2.24) is 9.38 Å². The first-order chi connectivity index (χ1) is 6.66. The summed E-state index contributed by atoms with van der Waals surface area (Å²) in [7, 11) is 0. The number of aliphatic hydroxyl groups excluding tert-OH is 1. The zero-order valence-corrected chi connectivity index (χ0v) is 7.94. The van der Waals surface area contributed by atoms with Crippen LogP contribution in [0.2, 0.25) is 0 Å². The van der Waals surface area contributed by atoms with Gasteiger partial charge < -0.3 is 10.2 Å². The largest absolute Gasteiger partial charge is 0.479 e. The van der Waals surface area contributed by atoms with Crippen LogP contribution in [0.15, 0.2) is 17.8 Å². The highest BCUT2D eigenvalue weighted by Gasteiger charge is 2.15. The van der Waals surface area contributed by atoms with Crippen LogP contribution in [-0.2, 0) is 11.2 Å². The molecule has 6 heteroatoms. The van der Waals surface area contributed by atoms with Crippen LogP contribution in [0.25, 0.3) is 4.96 Å². The fourth-order valence-corrected chi connectivity index (χ4v) is 1.88. The number of aliphatic hydroxyl groups is 1. The zero-order valence-electron chi connectivity index (χ0n) is 7.12. The van der Waals surface area contributed by atoms with Crippen molar-refractivity contribution in [3.63, 3.8) is 0 Å². The standard InChI is InChI=1S/C8H8N2O3S/c11-6(7(12)13)3-5-4-10-1-2-14-8(10)9-5/h1-2,4,6,11H,3H2,(H,12,13). The van der Waals surface area contributed by atoms with Crippen LogP contribution in [0.4, 0.5) is 0 Å². The van der Waals surface area contributed by atoms with Gasteiger partial charge in [0.15, 0.2) is 11.1 Å². The minimum absolute atomic E-state index is 0.0454. The van der Waals surface area contributed by atoms with Crippen LogP contribution in [0, 0.1) is 0 Å². The van der Waals surface area contributed by atoms with Crippen LogP contribution >= 0.6 is 11.3 Å². The average molecular weight is 212 g/mol. The normalized spacial score (nSPS) is 13.2. The lowest BCUT2D eigenvalue weighted by molar-refractivity contribution is -0.146. The summed E-state index contributed by atoms with van der Waals surface area (Å²) in [6.07, 6.45) is 2.23. The van der Waals surface area contributed by atoms with E-state index in [4.69, 9.17) is 10.2 Å². The van der Waals surface area contributed by atoms with E-state index >= 15 is 0 Å². The number of imidazole rings is 1. The molecule has 14 heavy (non-hydrogen) atoms. The van der Waals surface area contributed by atoms with Crippen LogP contribution in [0.3, 0.4) is 0 Å². The number of carbonyl (C=O) groups is 1. The van der Waals surface area contributed by atoms with E-state index in [-0.39, 0.29) is 6.42 Å². The SMILES string of the molecule is O=C(O)C(O)Cc1cn2ccsc2n1. The quantitative estimate of drug-likeness (QED) is 0.771. The van der Waals surface area contributed by atoms with E-state index in [1.807, 2.05) is 11.6 Å². The summed E-state index contributed by atoms with van der Waals surface area (Å²) in [6.45, 7) is 0. The lowest BCUT2D eigenvalue weighted by Crippen LogP contribution is -2.22. The van der Waals surface area contributed by atoms with Crippen molar-refractivity contribution in [2.24, 2.45) is 0 Å². The Morgan fingerprint density at radius 1 is 1.71 bits per heavy atom. The van der Waals surface area contributed by atoms with Crippen LogP contribution in [0.1, 0.15) is 5.69 Å². The van der Waals surface area contributed by atoms with Crippen molar-refractivity contribution in [2.75, 3.05) is 0 Å². The molecule has 0 aliphatic rings. The molecule has 2 heterocycles. The molecule has 0 aliphatic carbocycles. The molecule has 0 saturated carbocycles. The zero-order chi connectivity index (χ0) is 10.1. The number of thiazole rings is 1. The highest BCUT2D eigenvalue weighted by atomic mass is 32.1. The summed E-state index contributed by atoms with van der Waals surface area (Å²) in [5, 5.41) is 19.5. The molecule has 2 N–H and O–H groups in total. The number of carboxylic acids is 1. The van der Waals surface area contributed by atoms with Crippen molar-refractivity contribution >= 4 is 22.3 Å². The summed E-state index contributed by atoms with van der Waals surface area (Å²) < 4.78 is 1.80. The molecule has 0 saturated heterocycles. The van der Waals surface area contributed by atoms with Gasteiger partial charge in [0.05, 0.1) is 5.69 Å². The Kier molecular flexibility index (Phi) is 2.22. The topological polar surface area (TPSA) is 74.8 Å². The smallest absolute Gasteiger partial charge is 0.332 e. The Balaban J connectivity index is 2.19. The monoisotopic (exact) mass is 212 g/mol. The lowest BCUT2D eigenvalue weighted by atomic mass is 10.2. The van der Waals surface area contributed by atoms with Gasteiger partial charge in [0.2, 0.25) is 0 Å². The van der Waals surface area contributed by atoms with E-state index in [0.29, 0.717) is 5.69 Å². The van der Waals surface area contributed by atoms with Gasteiger partial charge in [-0.25, -0.2) is 9.78 Å². The molecule has 5 nitrogen and oxygen atoms in total. The van der Waals surface area contributed by atoms with Crippen molar-refractivity contribution < 1.29 is 15.0 Å². The summed E-state index contributed by atoms with van der Waals surface area (Å²) >= 11 is 1.47. The second kappa shape index (κ2) is 3.39. The van der Waals surface area contributed by atoms with Gasteiger partial charge >= 0.3 is 5.97 Å². The Morgan fingerprint density at radius 2 is 2.50 bits per heavy atom. The molecule has 0 spiro atoms. The molecule has 1 atom stereocenters. The Labute approximate surface area is 83.3 Å². The predicted octanol–water partition coefficient (Wildman–Crippen LogP) is 0.384. The van der Waals surface area contributed by atoms with Crippen molar-refractivity contribution in [2.45, 2.75) is 12.5 Å². The average Bonchev–Trinajstić information content (AvgIpc) is 2.63. The van der Waals surface area contributed by atoms with E-state index < -0.39 is 12.1 Å². The number of carboxylic acid groups (broad SMARTS) is 1. The number of rotatable bonds is 3. The lowest BCUT2D eigenvalue weighted by Gasteiger charge is -2.00. The minimum atomic E-state index is -1.38. The molecule has 2 aromatic rings. The number of aliphatic carboxylic acids is 1. The second-order valence-electron chi connectivity index (χ2n) is 2.88. The van der Waals surface area contributed by atoms with Crippen molar-refractivity contribution in [3.05, 3.63) is 23.5 Å². The fourth-order valence-electron chi connectivity index (χ4n) is 1.16. The number of aromatic nitrogens is 2. The molecular weight excluding hydrogens is 204 g/mol. The summed E-state index contributed by atoms with van der Waals surface area (Å²) in [5.74, 6) is -1.22. The molecule has 0 radical (unpaired) electrons. The third kappa shape index (κ3) is 1.61. The van der Waals surface area contributed by atoms with Crippen LogP contribution < -0.4 is 0 Å². The van der Waals surface area contributed by atoms with Crippen molar-refractivity contribution in [1.29, 1.82) is 0 Å². The number of nitrogens with zero attached hydrogens (tertiary/aromatic N) is 2. The first-order valence-electron chi connectivity index (χ1n) is 3.99. The molecule has 0 fully saturated rings. The third-order valence-electron chi connectivity index (χ3n) is 1.83. The number of fused-ring (bicyclic) bond motifs is 1. The van der Waals surface area contributed by atoms with Crippen molar-refractivity contribution in [3.8, 4) is 0 Å². The highest BCUT2D eigenvalue weighted by molar-refractivity contribution is 7.15. The molecule has 0 bridgehead atoms. The molecule has 0 amide bonds. The molecule has 1 unspecified atom stereocenters. The first-order valence-corrected chi connectivity index (χ1v) is 4.87. The first kappa shape index (κ1) is 9.17. The predicted molar refractivity (Wildman–Crippen MR) is 50.4 cm³/mol. The molecule has 0 aromatic carbocycles. The van der Waals surface area contributed by atoms with Gasteiger partial charge in [0.25, 0.3) is 0 Å². The Bertz CT molecular complexity index is 433. The fraction of sp³-hybridized carbons (Fsp3) is 0.250. The van der Waals surface area contributed by atoms with Crippen LogP contribution in [0.5, 0.6) is 0 Å². The van der Waals surface area contributed by atoms with Gasteiger partial charge in [-0.3, -0.25) is 4.40 Å². The summed E-state index contributed by atoms with van der Waals surface area (Å²) in [5.41, 5.74) is 0.590. The molecule has 74 valence electrons. The Hall–Kier alpha value is -1.40. The number of hydrogen-bond acceptors (Lipinski definition) is 4. The maximum Gasteiger partial charge on any atom is 0.332 e. The highest BCUT2D eigenvalue weighted by Crippen LogP contribution is 2.12. The molecule has 2 rings (SSSR count). The van der Waals surface area contributed by atoms with E-state index in [2.05, 4.69) is 4.98 Å². The maximum atomic E-state index is 10.4. The maximum absolute atomic E-state index is 10.4. The van der Waals surface area contributed by atoms with E-state index in [1.54, 1.807) is 10.6 Å².